The number of hydrogen-bond acceptors (Lipinski definition) is 5. The first-order chi connectivity index (χ1) is 14.3. The molecule has 2 aromatic carbocycles. The maximum Gasteiger partial charge on any atom is 0.261 e. The highest BCUT2D eigenvalue weighted by Crippen LogP contribution is 2.35. The van der Waals surface area contributed by atoms with Crippen LogP contribution in [-0.4, -0.2) is 25.0 Å². The van der Waals surface area contributed by atoms with Gasteiger partial charge in [-0.05, 0) is 37.3 Å². The zero-order chi connectivity index (χ0) is 21.3. The smallest absolute Gasteiger partial charge is 0.261 e. The van der Waals surface area contributed by atoms with E-state index in [1.54, 1.807) is 42.5 Å². The quantitative estimate of drug-likeness (QED) is 0.669. The van der Waals surface area contributed by atoms with E-state index in [0.29, 0.717) is 29.1 Å². The molecule has 1 atom stereocenters. The summed E-state index contributed by atoms with van der Waals surface area (Å²) in [4.78, 5) is 12.3. The molecule has 7 nitrogen and oxygen atoms in total. The lowest BCUT2D eigenvalue weighted by Gasteiger charge is -2.17. The standard InChI is InChI=1S/C22H21N3O4S/c1-15-12-13-22(29-15)21-14-20(23-25(21)16(2)26)18-10-6-7-11-19(18)24-30(27,28)17-8-4-3-5-9-17/h3-13,21,24H,14H2,1-2H3. The number of hydrazone groups is 1. The summed E-state index contributed by atoms with van der Waals surface area (Å²) < 4.78 is 34.0. The zero-order valence-corrected chi connectivity index (χ0v) is 17.4. The van der Waals surface area contributed by atoms with Gasteiger partial charge in [-0.2, -0.15) is 5.10 Å². The van der Waals surface area contributed by atoms with Gasteiger partial charge in [0.2, 0.25) is 5.91 Å². The number of anilines is 1. The number of rotatable bonds is 5. The van der Waals surface area contributed by atoms with Gasteiger partial charge >= 0.3 is 0 Å². The maximum absolute atomic E-state index is 12.8. The van der Waals surface area contributed by atoms with Gasteiger partial charge in [-0.25, -0.2) is 13.4 Å². The van der Waals surface area contributed by atoms with Gasteiger partial charge in [0.15, 0.2) is 0 Å². The number of benzene rings is 2. The molecule has 2 heterocycles. The third kappa shape index (κ3) is 3.86. The third-order valence-corrected chi connectivity index (χ3v) is 6.24. The Morgan fingerprint density at radius 3 is 2.43 bits per heavy atom. The number of sulfonamides is 1. The van der Waals surface area contributed by atoms with Gasteiger partial charge in [0.05, 0.1) is 16.3 Å². The number of furan rings is 1. The average Bonchev–Trinajstić information content (AvgIpc) is 3.35. The lowest BCUT2D eigenvalue weighted by atomic mass is 10.0. The van der Waals surface area contributed by atoms with Crippen molar-refractivity contribution in [3.8, 4) is 0 Å². The molecule has 154 valence electrons. The molecule has 3 aromatic rings. The van der Waals surface area contributed by atoms with Crippen molar-refractivity contribution in [3.05, 3.63) is 83.8 Å². The van der Waals surface area contributed by atoms with Crippen LogP contribution >= 0.6 is 0 Å². The molecule has 0 saturated carbocycles. The lowest BCUT2D eigenvalue weighted by Crippen LogP contribution is -2.23. The molecule has 0 aliphatic carbocycles. The second kappa shape index (κ2) is 7.79. The number of amides is 1. The van der Waals surface area contributed by atoms with Crippen LogP contribution in [0.15, 0.2) is 81.1 Å². The van der Waals surface area contributed by atoms with Crippen molar-refractivity contribution in [2.24, 2.45) is 5.10 Å². The topological polar surface area (TPSA) is 92.0 Å². The Labute approximate surface area is 175 Å². The van der Waals surface area contributed by atoms with Gasteiger partial charge in [-0.1, -0.05) is 36.4 Å². The first-order valence-electron chi connectivity index (χ1n) is 9.46. The summed E-state index contributed by atoms with van der Waals surface area (Å²) >= 11 is 0. The number of carbonyl (C=O) groups is 1. The maximum atomic E-state index is 12.8. The summed E-state index contributed by atoms with van der Waals surface area (Å²) in [5.74, 6) is 1.17. The summed E-state index contributed by atoms with van der Waals surface area (Å²) in [6.45, 7) is 3.28. The minimum Gasteiger partial charge on any atom is -0.464 e. The molecular weight excluding hydrogens is 402 g/mol. The Bertz CT molecular complexity index is 1220. The Morgan fingerprint density at radius 1 is 1.07 bits per heavy atom. The van der Waals surface area contributed by atoms with Crippen LogP contribution < -0.4 is 4.72 Å². The predicted molar refractivity (Wildman–Crippen MR) is 114 cm³/mol. The Kier molecular flexibility index (Phi) is 5.17. The van der Waals surface area contributed by atoms with Crippen LogP contribution in [0, 0.1) is 6.92 Å². The van der Waals surface area contributed by atoms with Crippen LogP contribution in [0.2, 0.25) is 0 Å². The molecule has 8 heteroatoms. The normalized spacial score (nSPS) is 16.4. The number of para-hydroxylation sites is 1. The van der Waals surface area contributed by atoms with E-state index in [-0.39, 0.29) is 16.8 Å². The van der Waals surface area contributed by atoms with Crippen LogP contribution in [0.3, 0.4) is 0 Å². The van der Waals surface area contributed by atoms with E-state index in [4.69, 9.17) is 4.42 Å². The van der Waals surface area contributed by atoms with Crippen molar-refractivity contribution in [1.29, 1.82) is 0 Å². The van der Waals surface area contributed by atoms with Gasteiger partial charge in [-0.3, -0.25) is 9.52 Å². The number of aryl methyl sites for hydroxylation is 1. The number of nitrogens with zero attached hydrogens (tertiary/aromatic N) is 2. The van der Waals surface area contributed by atoms with Crippen molar-refractivity contribution in [2.45, 2.75) is 31.2 Å². The number of carbonyl (C=O) groups excluding carboxylic acids is 1. The Hall–Kier alpha value is -3.39. The van der Waals surface area contributed by atoms with Crippen molar-refractivity contribution >= 4 is 27.3 Å². The molecule has 1 unspecified atom stereocenters. The first-order valence-corrected chi connectivity index (χ1v) is 10.9. The fraction of sp³-hybridized carbons (Fsp3) is 0.182. The molecule has 0 bridgehead atoms. The Morgan fingerprint density at radius 2 is 1.77 bits per heavy atom. The van der Waals surface area contributed by atoms with Gasteiger partial charge in [0, 0.05) is 18.9 Å². The van der Waals surface area contributed by atoms with E-state index < -0.39 is 10.0 Å². The van der Waals surface area contributed by atoms with Gasteiger partial charge in [0.25, 0.3) is 10.0 Å². The second-order valence-corrected chi connectivity index (χ2v) is 8.73. The van der Waals surface area contributed by atoms with Crippen molar-refractivity contribution in [3.63, 3.8) is 0 Å². The summed E-state index contributed by atoms with van der Waals surface area (Å²) in [7, 11) is -3.76. The fourth-order valence-corrected chi connectivity index (χ4v) is 4.55. The molecule has 1 amide bonds. The summed E-state index contributed by atoms with van der Waals surface area (Å²) in [5, 5.41) is 5.88. The van der Waals surface area contributed by atoms with Crippen molar-refractivity contribution < 1.29 is 17.6 Å². The second-order valence-electron chi connectivity index (χ2n) is 7.04. The minimum atomic E-state index is -3.76. The van der Waals surface area contributed by atoms with E-state index in [1.807, 2.05) is 19.1 Å². The molecule has 1 N–H and O–H groups in total. The molecule has 0 fully saturated rings. The van der Waals surface area contributed by atoms with Crippen LogP contribution in [0.25, 0.3) is 0 Å². The first kappa shape index (κ1) is 19.9. The van der Waals surface area contributed by atoms with Crippen LogP contribution in [0.4, 0.5) is 5.69 Å². The van der Waals surface area contributed by atoms with E-state index in [2.05, 4.69) is 9.82 Å². The van der Waals surface area contributed by atoms with Crippen molar-refractivity contribution in [2.75, 3.05) is 4.72 Å². The summed E-state index contributed by atoms with van der Waals surface area (Å²) in [6, 6.07) is 18.5. The summed E-state index contributed by atoms with van der Waals surface area (Å²) in [6.07, 6.45) is 0.413. The highest BCUT2D eigenvalue weighted by Gasteiger charge is 2.34. The van der Waals surface area contributed by atoms with E-state index in [0.717, 1.165) is 5.76 Å². The fourth-order valence-electron chi connectivity index (χ4n) is 3.44. The molecule has 0 spiro atoms. The zero-order valence-electron chi connectivity index (χ0n) is 16.6. The van der Waals surface area contributed by atoms with Crippen molar-refractivity contribution in [1.82, 2.24) is 5.01 Å². The molecular formula is C22H21N3O4S. The monoisotopic (exact) mass is 423 g/mol. The average molecular weight is 423 g/mol. The molecule has 30 heavy (non-hydrogen) atoms. The van der Waals surface area contributed by atoms with E-state index in [9.17, 15) is 13.2 Å². The van der Waals surface area contributed by atoms with Crippen LogP contribution in [0.5, 0.6) is 0 Å². The highest BCUT2D eigenvalue weighted by molar-refractivity contribution is 7.92. The Balaban J connectivity index is 1.68. The molecule has 0 radical (unpaired) electrons. The van der Waals surface area contributed by atoms with E-state index >= 15 is 0 Å². The lowest BCUT2D eigenvalue weighted by molar-refractivity contribution is -0.130. The van der Waals surface area contributed by atoms with Gasteiger partial charge in [-0.15, -0.1) is 0 Å². The van der Waals surface area contributed by atoms with Gasteiger partial charge in [0.1, 0.15) is 17.6 Å². The number of hydrogen-bond donors (Lipinski definition) is 1. The van der Waals surface area contributed by atoms with Crippen LogP contribution in [-0.2, 0) is 14.8 Å². The third-order valence-electron chi connectivity index (χ3n) is 4.86. The largest absolute Gasteiger partial charge is 0.464 e. The van der Waals surface area contributed by atoms with Gasteiger partial charge < -0.3 is 4.42 Å². The summed E-state index contributed by atoms with van der Waals surface area (Å²) in [5.41, 5.74) is 1.63. The number of nitrogens with one attached hydrogen (secondary N) is 1. The molecule has 4 rings (SSSR count). The van der Waals surface area contributed by atoms with Crippen LogP contribution in [0.1, 0.15) is 36.5 Å². The van der Waals surface area contributed by atoms with E-state index in [1.165, 1.54) is 24.1 Å². The SMILES string of the molecule is CC(=O)N1N=C(c2ccccc2NS(=O)(=O)c2ccccc2)CC1c1ccc(C)o1. The molecule has 0 saturated heterocycles. The molecule has 1 aliphatic heterocycles. The highest BCUT2D eigenvalue weighted by atomic mass is 32.2. The molecule has 1 aliphatic rings. The molecule has 1 aromatic heterocycles. The minimum absolute atomic E-state index is 0.169. The predicted octanol–water partition coefficient (Wildman–Crippen LogP) is 4.09.